The second kappa shape index (κ2) is 7.00. The maximum Gasteiger partial charge on any atom is 0.159 e. The van der Waals surface area contributed by atoms with Crippen LogP contribution in [0.15, 0.2) is 28.7 Å². The first-order chi connectivity index (χ1) is 9.99. The molecule has 1 N–H and O–H groups in total. The second-order valence-corrected chi connectivity index (χ2v) is 6.06. The van der Waals surface area contributed by atoms with Crippen LogP contribution in [0, 0.1) is 6.92 Å². The van der Waals surface area contributed by atoms with E-state index in [4.69, 9.17) is 4.74 Å². The molecular formula is C16H20BrN3O. The molecule has 0 atom stereocenters. The summed E-state index contributed by atoms with van der Waals surface area (Å²) in [5.74, 6) is 1.53. The average molecular weight is 350 g/mol. The topological polar surface area (TPSA) is 47.0 Å². The molecule has 0 unspecified atom stereocenters. The van der Waals surface area contributed by atoms with E-state index in [-0.39, 0.29) is 0 Å². The normalized spacial score (nSPS) is 11.0. The molecule has 1 heterocycles. The Morgan fingerprint density at radius 3 is 2.62 bits per heavy atom. The highest BCUT2D eigenvalue weighted by molar-refractivity contribution is 9.10. The lowest BCUT2D eigenvalue weighted by Crippen LogP contribution is -2.22. The highest BCUT2D eigenvalue weighted by Gasteiger charge is 2.08. The molecule has 1 aromatic carbocycles. The highest BCUT2D eigenvalue weighted by Crippen LogP contribution is 2.29. The number of aromatic nitrogens is 2. The smallest absolute Gasteiger partial charge is 0.159 e. The van der Waals surface area contributed by atoms with Crippen LogP contribution < -0.4 is 10.1 Å². The average Bonchev–Trinajstić information content (AvgIpc) is 2.44. The monoisotopic (exact) mass is 349 g/mol. The van der Waals surface area contributed by atoms with Crippen LogP contribution in [0.4, 0.5) is 0 Å². The van der Waals surface area contributed by atoms with Crippen molar-refractivity contribution in [2.45, 2.75) is 33.4 Å². The molecule has 0 fully saturated rings. The van der Waals surface area contributed by atoms with Crippen LogP contribution in [0.5, 0.6) is 5.75 Å². The molecular weight excluding hydrogens is 330 g/mol. The van der Waals surface area contributed by atoms with Crippen molar-refractivity contribution >= 4 is 15.9 Å². The third-order valence-electron chi connectivity index (χ3n) is 3.01. The van der Waals surface area contributed by atoms with Gasteiger partial charge in [-0.2, -0.15) is 0 Å². The quantitative estimate of drug-likeness (QED) is 0.893. The van der Waals surface area contributed by atoms with E-state index in [9.17, 15) is 0 Å². The van der Waals surface area contributed by atoms with Crippen LogP contribution in [0.25, 0.3) is 11.4 Å². The van der Waals surface area contributed by atoms with Crippen LogP contribution in [0.1, 0.15) is 25.2 Å². The molecule has 0 saturated heterocycles. The number of ether oxygens (including phenoxy) is 1. The number of rotatable bonds is 5. The summed E-state index contributed by atoms with van der Waals surface area (Å²) < 4.78 is 6.15. The maximum absolute atomic E-state index is 5.25. The predicted molar refractivity (Wildman–Crippen MR) is 88.4 cm³/mol. The summed E-state index contributed by atoms with van der Waals surface area (Å²) in [6, 6.07) is 8.30. The van der Waals surface area contributed by atoms with Gasteiger partial charge in [-0.05, 0) is 47.1 Å². The minimum absolute atomic E-state index is 0.429. The highest BCUT2D eigenvalue weighted by atomic mass is 79.9. The molecule has 0 radical (unpaired) electrons. The summed E-state index contributed by atoms with van der Waals surface area (Å²) in [6.07, 6.45) is 0. The number of hydrogen-bond donors (Lipinski definition) is 1. The molecule has 5 heteroatoms. The molecule has 0 aliphatic rings. The summed E-state index contributed by atoms with van der Waals surface area (Å²) in [5.41, 5.74) is 2.93. The number of nitrogens with zero attached hydrogens (tertiary/aromatic N) is 2. The summed E-state index contributed by atoms with van der Waals surface area (Å²) in [6.45, 7) is 6.97. The van der Waals surface area contributed by atoms with E-state index in [1.807, 2.05) is 31.2 Å². The molecule has 21 heavy (non-hydrogen) atoms. The summed E-state index contributed by atoms with van der Waals surface area (Å²) in [7, 11) is 1.65. The van der Waals surface area contributed by atoms with Gasteiger partial charge in [-0.3, -0.25) is 0 Å². The molecule has 2 aromatic rings. The van der Waals surface area contributed by atoms with Crippen molar-refractivity contribution in [3.63, 3.8) is 0 Å². The summed E-state index contributed by atoms with van der Waals surface area (Å²) in [4.78, 5) is 9.16. The molecule has 0 aliphatic heterocycles. The Kier molecular flexibility index (Phi) is 5.31. The van der Waals surface area contributed by atoms with Gasteiger partial charge in [-0.15, -0.1) is 0 Å². The Bertz CT molecular complexity index is 629. The van der Waals surface area contributed by atoms with Crippen LogP contribution in [-0.2, 0) is 6.54 Å². The van der Waals surface area contributed by atoms with E-state index < -0.39 is 0 Å². The standard InChI is InChI=1S/C16H20BrN3O/c1-10(2)18-9-13-7-11(3)19-16(20-13)12-5-6-15(21-4)14(17)8-12/h5-8,10,18H,9H2,1-4H3. The molecule has 0 bridgehead atoms. The van der Waals surface area contributed by atoms with E-state index in [1.54, 1.807) is 7.11 Å². The molecule has 0 saturated carbocycles. The van der Waals surface area contributed by atoms with Crippen molar-refractivity contribution in [1.29, 1.82) is 0 Å². The van der Waals surface area contributed by atoms with Crippen LogP contribution in [0.3, 0.4) is 0 Å². The fraction of sp³-hybridized carbons (Fsp3) is 0.375. The predicted octanol–water partition coefficient (Wildman–Crippen LogP) is 3.72. The SMILES string of the molecule is COc1ccc(-c2nc(C)cc(CNC(C)C)n2)cc1Br. The van der Waals surface area contributed by atoms with E-state index in [1.165, 1.54) is 0 Å². The number of nitrogens with one attached hydrogen (secondary N) is 1. The molecule has 0 amide bonds. The zero-order chi connectivity index (χ0) is 15.4. The first-order valence-electron chi connectivity index (χ1n) is 6.91. The van der Waals surface area contributed by atoms with Gasteiger partial charge in [0.15, 0.2) is 5.82 Å². The maximum atomic E-state index is 5.25. The Labute approximate surface area is 134 Å². The van der Waals surface area contributed by atoms with Crippen LogP contribution in [-0.4, -0.2) is 23.1 Å². The van der Waals surface area contributed by atoms with Crippen molar-refractivity contribution in [2.24, 2.45) is 0 Å². The number of halogens is 1. The fourth-order valence-corrected chi connectivity index (χ4v) is 2.51. The van der Waals surface area contributed by atoms with Crippen LogP contribution >= 0.6 is 15.9 Å². The Hall–Kier alpha value is -1.46. The van der Waals surface area contributed by atoms with Crippen molar-refractivity contribution in [1.82, 2.24) is 15.3 Å². The third-order valence-corrected chi connectivity index (χ3v) is 3.63. The minimum atomic E-state index is 0.429. The Balaban J connectivity index is 2.32. The zero-order valence-corrected chi connectivity index (χ0v) is 14.4. The number of benzene rings is 1. The Morgan fingerprint density at radius 2 is 2.00 bits per heavy atom. The van der Waals surface area contributed by atoms with Gasteiger partial charge >= 0.3 is 0 Å². The van der Waals surface area contributed by atoms with Gasteiger partial charge in [0.05, 0.1) is 17.3 Å². The molecule has 4 nitrogen and oxygen atoms in total. The van der Waals surface area contributed by atoms with Gasteiger partial charge in [0.1, 0.15) is 5.75 Å². The molecule has 0 aliphatic carbocycles. The van der Waals surface area contributed by atoms with Crippen LogP contribution in [0.2, 0.25) is 0 Å². The lowest BCUT2D eigenvalue weighted by Gasteiger charge is -2.10. The van der Waals surface area contributed by atoms with E-state index in [0.29, 0.717) is 6.04 Å². The third kappa shape index (κ3) is 4.25. The van der Waals surface area contributed by atoms with E-state index in [0.717, 1.165) is 39.5 Å². The molecule has 2 rings (SSSR count). The van der Waals surface area contributed by atoms with Gasteiger partial charge in [-0.25, -0.2) is 9.97 Å². The second-order valence-electron chi connectivity index (χ2n) is 5.21. The lowest BCUT2D eigenvalue weighted by molar-refractivity contribution is 0.412. The fourth-order valence-electron chi connectivity index (χ4n) is 1.97. The molecule has 112 valence electrons. The number of aryl methyl sites for hydroxylation is 1. The lowest BCUT2D eigenvalue weighted by atomic mass is 10.2. The molecule has 1 aromatic heterocycles. The van der Waals surface area contributed by atoms with Gasteiger partial charge in [0, 0.05) is 23.8 Å². The van der Waals surface area contributed by atoms with Crippen molar-refractivity contribution in [3.8, 4) is 17.1 Å². The van der Waals surface area contributed by atoms with Gasteiger partial charge in [0.2, 0.25) is 0 Å². The minimum Gasteiger partial charge on any atom is -0.496 e. The van der Waals surface area contributed by atoms with Gasteiger partial charge < -0.3 is 10.1 Å². The summed E-state index contributed by atoms with van der Waals surface area (Å²) in [5, 5.41) is 3.38. The van der Waals surface area contributed by atoms with Gasteiger partial charge in [-0.1, -0.05) is 13.8 Å². The largest absolute Gasteiger partial charge is 0.496 e. The summed E-state index contributed by atoms with van der Waals surface area (Å²) >= 11 is 3.50. The molecule has 0 spiro atoms. The number of hydrogen-bond acceptors (Lipinski definition) is 4. The van der Waals surface area contributed by atoms with Gasteiger partial charge in [0.25, 0.3) is 0 Å². The van der Waals surface area contributed by atoms with Crippen molar-refractivity contribution in [3.05, 3.63) is 40.1 Å². The first kappa shape index (κ1) is 15.9. The Morgan fingerprint density at radius 1 is 1.24 bits per heavy atom. The van der Waals surface area contributed by atoms with Crippen molar-refractivity contribution < 1.29 is 4.74 Å². The van der Waals surface area contributed by atoms with E-state index >= 15 is 0 Å². The first-order valence-corrected chi connectivity index (χ1v) is 7.70. The van der Waals surface area contributed by atoms with Crippen molar-refractivity contribution in [2.75, 3.05) is 7.11 Å². The zero-order valence-electron chi connectivity index (χ0n) is 12.8. The van der Waals surface area contributed by atoms with E-state index in [2.05, 4.69) is 45.1 Å². The number of methoxy groups -OCH3 is 1.